The third-order valence-corrected chi connectivity index (χ3v) is 2.06. The van der Waals surface area contributed by atoms with Gasteiger partial charge in [0.25, 0.3) is 0 Å². The van der Waals surface area contributed by atoms with Crippen LogP contribution >= 0.6 is 0 Å². The molecule has 0 aliphatic carbocycles. The number of hydrogen-bond acceptors (Lipinski definition) is 2. The third kappa shape index (κ3) is 1.83. The van der Waals surface area contributed by atoms with Gasteiger partial charge in [0.05, 0.1) is 18.0 Å². The van der Waals surface area contributed by atoms with Crippen molar-refractivity contribution >= 4 is 0 Å². The molecule has 0 fully saturated rings. The largest absolute Gasteiger partial charge is 0.206 e. The summed E-state index contributed by atoms with van der Waals surface area (Å²) in [6.45, 7) is 1.64. The molecule has 1 heterocycles. The summed E-state index contributed by atoms with van der Waals surface area (Å²) in [6, 6.07) is 4.10. The average molecular weight is 206 g/mol. The van der Waals surface area contributed by atoms with E-state index in [0.29, 0.717) is 11.1 Å². The van der Waals surface area contributed by atoms with Crippen LogP contribution in [0, 0.1) is 18.6 Å². The number of hydrogen-bond donors (Lipinski definition) is 0. The second-order valence-electron chi connectivity index (χ2n) is 3.23. The predicted molar refractivity (Wildman–Crippen MR) is 52.1 cm³/mol. The molecule has 0 aliphatic heterocycles. The fourth-order valence-electron chi connectivity index (χ4n) is 1.41. The van der Waals surface area contributed by atoms with Crippen LogP contribution in [0.4, 0.5) is 8.78 Å². The van der Waals surface area contributed by atoms with Gasteiger partial charge in [-0.2, -0.15) is 10.2 Å². The standard InChI is InChI=1S/C11H8F2N2/c1-7-4-9(12)11(10(13)5-7)8-2-3-14-15-6-8/h2-6H,1H3. The van der Waals surface area contributed by atoms with Crippen molar-refractivity contribution in [3.63, 3.8) is 0 Å². The zero-order valence-corrected chi connectivity index (χ0v) is 8.04. The van der Waals surface area contributed by atoms with Crippen LogP contribution in [-0.4, -0.2) is 10.2 Å². The summed E-state index contributed by atoms with van der Waals surface area (Å²) in [7, 11) is 0. The molecule has 0 bridgehead atoms. The van der Waals surface area contributed by atoms with Crippen LogP contribution in [0.15, 0.2) is 30.6 Å². The van der Waals surface area contributed by atoms with Crippen molar-refractivity contribution in [2.24, 2.45) is 0 Å². The Morgan fingerprint density at radius 2 is 1.73 bits per heavy atom. The summed E-state index contributed by atoms with van der Waals surface area (Å²) in [5, 5.41) is 7.14. The molecule has 0 unspecified atom stereocenters. The van der Waals surface area contributed by atoms with Gasteiger partial charge in [-0.15, -0.1) is 0 Å². The highest BCUT2D eigenvalue weighted by Crippen LogP contribution is 2.25. The van der Waals surface area contributed by atoms with E-state index in [1.165, 1.54) is 30.6 Å². The van der Waals surface area contributed by atoms with Gasteiger partial charge in [-0.3, -0.25) is 0 Å². The van der Waals surface area contributed by atoms with Crippen molar-refractivity contribution < 1.29 is 8.78 Å². The Morgan fingerprint density at radius 3 is 2.27 bits per heavy atom. The minimum Gasteiger partial charge on any atom is -0.206 e. The second kappa shape index (κ2) is 3.73. The van der Waals surface area contributed by atoms with Crippen molar-refractivity contribution in [3.05, 3.63) is 47.8 Å². The molecule has 76 valence electrons. The van der Waals surface area contributed by atoms with E-state index in [4.69, 9.17) is 0 Å². The maximum atomic E-state index is 13.5. The van der Waals surface area contributed by atoms with E-state index in [1.54, 1.807) is 6.92 Å². The number of aromatic nitrogens is 2. The van der Waals surface area contributed by atoms with E-state index in [1.807, 2.05) is 0 Å². The molecule has 0 saturated heterocycles. The summed E-state index contributed by atoms with van der Waals surface area (Å²) in [5.74, 6) is -1.17. The first-order valence-electron chi connectivity index (χ1n) is 4.41. The lowest BCUT2D eigenvalue weighted by Crippen LogP contribution is -1.92. The van der Waals surface area contributed by atoms with Crippen molar-refractivity contribution in [1.29, 1.82) is 0 Å². The topological polar surface area (TPSA) is 25.8 Å². The van der Waals surface area contributed by atoms with Crippen LogP contribution in [0.3, 0.4) is 0 Å². The fraction of sp³-hybridized carbons (Fsp3) is 0.0909. The first-order chi connectivity index (χ1) is 7.18. The van der Waals surface area contributed by atoms with Crippen LogP contribution < -0.4 is 0 Å². The lowest BCUT2D eigenvalue weighted by Gasteiger charge is -2.05. The highest BCUT2D eigenvalue weighted by molar-refractivity contribution is 5.63. The van der Waals surface area contributed by atoms with Gasteiger partial charge in [0.15, 0.2) is 0 Å². The smallest absolute Gasteiger partial charge is 0.134 e. The Hall–Kier alpha value is -1.84. The summed E-state index contributed by atoms with van der Waals surface area (Å²) in [6.07, 6.45) is 2.73. The summed E-state index contributed by atoms with van der Waals surface area (Å²) in [5.41, 5.74) is 0.881. The molecule has 1 aromatic carbocycles. The Kier molecular flexibility index (Phi) is 2.41. The van der Waals surface area contributed by atoms with Gasteiger partial charge < -0.3 is 0 Å². The number of nitrogens with zero attached hydrogens (tertiary/aromatic N) is 2. The van der Waals surface area contributed by atoms with E-state index >= 15 is 0 Å². The van der Waals surface area contributed by atoms with Crippen LogP contribution in [0.5, 0.6) is 0 Å². The maximum Gasteiger partial charge on any atom is 0.134 e. The van der Waals surface area contributed by atoms with Gasteiger partial charge in [0.1, 0.15) is 11.6 Å². The molecule has 4 heteroatoms. The number of benzene rings is 1. The van der Waals surface area contributed by atoms with Gasteiger partial charge in [-0.1, -0.05) is 0 Å². The molecule has 0 N–H and O–H groups in total. The Bertz CT molecular complexity index is 460. The molecular weight excluding hydrogens is 198 g/mol. The Morgan fingerprint density at radius 1 is 1.07 bits per heavy atom. The van der Waals surface area contributed by atoms with E-state index < -0.39 is 11.6 Å². The highest BCUT2D eigenvalue weighted by Gasteiger charge is 2.11. The van der Waals surface area contributed by atoms with Crippen LogP contribution in [-0.2, 0) is 0 Å². The number of halogens is 2. The maximum absolute atomic E-state index is 13.5. The monoisotopic (exact) mass is 206 g/mol. The quantitative estimate of drug-likeness (QED) is 0.716. The van der Waals surface area contributed by atoms with Crippen molar-refractivity contribution in [3.8, 4) is 11.1 Å². The summed E-state index contributed by atoms with van der Waals surface area (Å²) >= 11 is 0. The lowest BCUT2D eigenvalue weighted by atomic mass is 10.1. The highest BCUT2D eigenvalue weighted by atomic mass is 19.1. The van der Waals surface area contributed by atoms with Crippen molar-refractivity contribution in [1.82, 2.24) is 10.2 Å². The molecule has 0 amide bonds. The molecule has 1 aromatic heterocycles. The zero-order valence-electron chi connectivity index (χ0n) is 8.04. The van der Waals surface area contributed by atoms with Crippen molar-refractivity contribution in [2.75, 3.05) is 0 Å². The van der Waals surface area contributed by atoms with E-state index in [2.05, 4.69) is 10.2 Å². The molecule has 2 nitrogen and oxygen atoms in total. The SMILES string of the molecule is Cc1cc(F)c(-c2ccnnc2)c(F)c1. The average Bonchev–Trinajstić information content (AvgIpc) is 2.17. The first kappa shape index (κ1) is 9.71. The zero-order chi connectivity index (χ0) is 10.8. The number of aryl methyl sites for hydroxylation is 1. The minimum absolute atomic E-state index is 0.0597. The molecule has 0 atom stereocenters. The fourth-order valence-corrected chi connectivity index (χ4v) is 1.41. The van der Waals surface area contributed by atoms with Crippen LogP contribution in [0.2, 0.25) is 0 Å². The van der Waals surface area contributed by atoms with Gasteiger partial charge in [-0.05, 0) is 30.7 Å². The molecule has 2 aromatic rings. The predicted octanol–water partition coefficient (Wildman–Crippen LogP) is 2.73. The number of rotatable bonds is 1. The first-order valence-corrected chi connectivity index (χ1v) is 4.41. The van der Waals surface area contributed by atoms with E-state index in [-0.39, 0.29) is 5.56 Å². The van der Waals surface area contributed by atoms with Crippen molar-refractivity contribution in [2.45, 2.75) is 6.92 Å². The van der Waals surface area contributed by atoms with Crippen LogP contribution in [0.1, 0.15) is 5.56 Å². The molecule has 2 rings (SSSR count). The molecule has 0 radical (unpaired) electrons. The van der Waals surface area contributed by atoms with Gasteiger partial charge in [-0.25, -0.2) is 8.78 Å². The lowest BCUT2D eigenvalue weighted by molar-refractivity contribution is 0.587. The Labute approximate surface area is 85.6 Å². The van der Waals surface area contributed by atoms with Crippen LogP contribution in [0.25, 0.3) is 11.1 Å². The second-order valence-corrected chi connectivity index (χ2v) is 3.23. The molecule has 0 spiro atoms. The molecule has 0 saturated carbocycles. The Balaban J connectivity index is 2.64. The molecule has 15 heavy (non-hydrogen) atoms. The van der Waals surface area contributed by atoms with E-state index in [0.717, 1.165) is 0 Å². The van der Waals surface area contributed by atoms with Gasteiger partial charge >= 0.3 is 0 Å². The van der Waals surface area contributed by atoms with Gasteiger partial charge in [0.2, 0.25) is 0 Å². The normalized spacial score (nSPS) is 10.3. The van der Waals surface area contributed by atoms with E-state index in [9.17, 15) is 8.78 Å². The summed E-state index contributed by atoms with van der Waals surface area (Å²) in [4.78, 5) is 0. The summed E-state index contributed by atoms with van der Waals surface area (Å²) < 4.78 is 27.0. The third-order valence-electron chi connectivity index (χ3n) is 2.06. The molecule has 0 aliphatic rings. The van der Waals surface area contributed by atoms with Gasteiger partial charge in [0, 0.05) is 5.56 Å². The molecular formula is C11H8F2N2. The minimum atomic E-state index is -0.583.